The van der Waals surface area contributed by atoms with E-state index >= 15 is 0 Å². The number of nitrogens with zero attached hydrogens (tertiary/aromatic N) is 4. The molecular weight excluding hydrogens is 202 g/mol. The molecule has 5 nitrogen and oxygen atoms in total. The van der Waals surface area contributed by atoms with Crippen molar-refractivity contribution in [3.8, 4) is 0 Å². The van der Waals surface area contributed by atoms with Gasteiger partial charge in [-0.25, -0.2) is 4.99 Å². The summed E-state index contributed by atoms with van der Waals surface area (Å²) in [6.45, 7) is 6.47. The molecule has 0 fully saturated rings. The molecule has 0 saturated carbocycles. The average Bonchev–Trinajstić information content (AvgIpc) is 2.52. The zero-order valence-corrected chi connectivity index (χ0v) is 10.9. The van der Waals surface area contributed by atoms with Crippen LogP contribution in [0.2, 0.25) is 0 Å². The predicted molar refractivity (Wildman–Crippen MR) is 65.5 cm³/mol. The zero-order chi connectivity index (χ0) is 12.3. The van der Waals surface area contributed by atoms with Gasteiger partial charge in [-0.15, -0.1) is 0 Å². The van der Waals surface area contributed by atoms with Crippen LogP contribution >= 0.6 is 0 Å². The quantitative estimate of drug-likeness (QED) is 0.646. The van der Waals surface area contributed by atoms with Gasteiger partial charge in [0.2, 0.25) is 0 Å². The number of nitrogens with two attached hydrogens (primary N) is 1. The van der Waals surface area contributed by atoms with Crippen molar-refractivity contribution in [2.24, 2.45) is 10.7 Å². The van der Waals surface area contributed by atoms with E-state index < -0.39 is 0 Å². The van der Waals surface area contributed by atoms with Crippen molar-refractivity contribution in [1.82, 2.24) is 14.7 Å². The van der Waals surface area contributed by atoms with E-state index in [4.69, 9.17) is 5.73 Å². The van der Waals surface area contributed by atoms with E-state index in [1.165, 1.54) is 0 Å². The van der Waals surface area contributed by atoms with Crippen molar-refractivity contribution in [3.05, 3.63) is 11.5 Å². The standard InChI is InChI=1S/C11H21N5/c1-10(2)15(5)9(12)8-11(3,16(10)6)14(4)7-13-8/h7H,12H2,1-6H3. The minimum Gasteiger partial charge on any atom is -0.384 e. The van der Waals surface area contributed by atoms with Gasteiger partial charge in [-0.1, -0.05) is 0 Å². The van der Waals surface area contributed by atoms with E-state index in [0.29, 0.717) is 0 Å². The molecule has 0 aromatic carbocycles. The van der Waals surface area contributed by atoms with Crippen LogP contribution in [-0.2, 0) is 0 Å². The Morgan fingerprint density at radius 1 is 1.19 bits per heavy atom. The van der Waals surface area contributed by atoms with Crippen LogP contribution in [0.15, 0.2) is 16.5 Å². The van der Waals surface area contributed by atoms with Gasteiger partial charge in [0.05, 0.1) is 12.0 Å². The zero-order valence-electron chi connectivity index (χ0n) is 10.9. The van der Waals surface area contributed by atoms with E-state index in [1.807, 2.05) is 20.4 Å². The normalized spacial score (nSPS) is 33.6. The maximum absolute atomic E-state index is 6.19. The van der Waals surface area contributed by atoms with E-state index in [2.05, 4.69) is 47.5 Å². The second-order valence-electron chi connectivity index (χ2n) is 5.22. The van der Waals surface area contributed by atoms with Crippen molar-refractivity contribution in [3.63, 3.8) is 0 Å². The van der Waals surface area contributed by atoms with Gasteiger partial charge < -0.3 is 15.5 Å². The van der Waals surface area contributed by atoms with Gasteiger partial charge in [0.1, 0.15) is 17.2 Å². The van der Waals surface area contributed by atoms with Crippen molar-refractivity contribution in [2.45, 2.75) is 32.1 Å². The van der Waals surface area contributed by atoms with Crippen LogP contribution in [-0.4, -0.2) is 53.5 Å². The first-order valence-corrected chi connectivity index (χ1v) is 5.49. The Bertz CT molecular complexity index is 384. The van der Waals surface area contributed by atoms with Crippen molar-refractivity contribution >= 4 is 6.34 Å². The first kappa shape index (κ1) is 11.3. The Morgan fingerprint density at radius 3 is 2.31 bits per heavy atom. The summed E-state index contributed by atoms with van der Waals surface area (Å²) in [5.41, 5.74) is 6.73. The van der Waals surface area contributed by atoms with Crippen LogP contribution in [0, 0.1) is 0 Å². The van der Waals surface area contributed by atoms with Gasteiger partial charge in [-0.3, -0.25) is 4.90 Å². The van der Waals surface area contributed by atoms with Crippen LogP contribution in [0.1, 0.15) is 20.8 Å². The molecule has 2 N–H and O–H groups in total. The van der Waals surface area contributed by atoms with Crippen LogP contribution < -0.4 is 5.73 Å². The molecular formula is C11H21N5. The highest BCUT2D eigenvalue weighted by Gasteiger charge is 2.53. The monoisotopic (exact) mass is 223 g/mol. The third-order valence-corrected chi connectivity index (χ3v) is 4.39. The first-order chi connectivity index (χ1) is 7.24. The maximum Gasteiger partial charge on any atom is 0.140 e. The van der Waals surface area contributed by atoms with Gasteiger partial charge in [0, 0.05) is 14.1 Å². The van der Waals surface area contributed by atoms with E-state index in [9.17, 15) is 0 Å². The molecule has 1 atom stereocenters. The molecule has 90 valence electrons. The molecule has 0 spiro atoms. The molecule has 0 aliphatic carbocycles. The summed E-state index contributed by atoms with van der Waals surface area (Å²) in [5, 5.41) is 0. The minimum absolute atomic E-state index is 0.135. The van der Waals surface area contributed by atoms with Gasteiger partial charge >= 0.3 is 0 Å². The van der Waals surface area contributed by atoms with E-state index in [0.717, 1.165) is 11.5 Å². The molecule has 0 aromatic rings. The Morgan fingerprint density at radius 2 is 1.75 bits per heavy atom. The fourth-order valence-electron chi connectivity index (χ4n) is 2.46. The number of hydrogen-bond acceptors (Lipinski definition) is 5. The van der Waals surface area contributed by atoms with Gasteiger partial charge in [0.25, 0.3) is 0 Å². The molecule has 2 heterocycles. The fourth-order valence-corrected chi connectivity index (χ4v) is 2.46. The predicted octanol–water partition coefficient (Wildman–Crippen LogP) is 0.417. The van der Waals surface area contributed by atoms with E-state index in [1.54, 1.807) is 0 Å². The molecule has 0 radical (unpaired) electrons. The largest absolute Gasteiger partial charge is 0.384 e. The summed E-state index contributed by atoms with van der Waals surface area (Å²) in [4.78, 5) is 10.9. The van der Waals surface area contributed by atoms with Crippen molar-refractivity contribution < 1.29 is 0 Å². The van der Waals surface area contributed by atoms with Gasteiger partial charge in [-0.05, 0) is 27.8 Å². The molecule has 2 aliphatic rings. The number of hydrogen-bond donors (Lipinski definition) is 1. The Balaban J connectivity index is 2.63. The van der Waals surface area contributed by atoms with Gasteiger partial charge in [-0.2, -0.15) is 0 Å². The lowest BCUT2D eigenvalue weighted by molar-refractivity contribution is -0.0901. The summed E-state index contributed by atoms with van der Waals surface area (Å²) in [6, 6.07) is 0. The molecule has 2 rings (SSSR count). The molecule has 0 bridgehead atoms. The molecule has 0 saturated heterocycles. The second kappa shape index (κ2) is 2.91. The number of fused-ring (bicyclic) bond motifs is 1. The molecule has 2 aliphatic heterocycles. The van der Waals surface area contributed by atoms with Crippen molar-refractivity contribution in [1.29, 1.82) is 0 Å². The van der Waals surface area contributed by atoms with E-state index in [-0.39, 0.29) is 11.3 Å². The summed E-state index contributed by atoms with van der Waals surface area (Å²) >= 11 is 0. The molecule has 1 unspecified atom stereocenters. The lowest BCUT2D eigenvalue weighted by atomic mass is 9.96. The van der Waals surface area contributed by atoms with Crippen LogP contribution in [0.5, 0.6) is 0 Å². The Labute approximate surface area is 97.2 Å². The molecule has 5 heteroatoms. The number of rotatable bonds is 0. The molecule has 0 aromatic heterocycles. The highest BCUT2D eigenvalue weighted by atomic mass is 15.5. The SMILES string of the molecule is CN1C(N)=C2N=CN(C)C2(C)N(C)C1(C)C. The number of aliphatic imine (C=N–C) groups is 1. The minimum atomic E-state index is -0.250. The third-order valence-electron chi connectivity index (χ3n) is 4.39. The summed E-state index contributed by atoms with van der Waals surface area (Å²) in [7, 11) is 6.14. The molecule has 0 amide bonds. The Kier molecular flexibility index (Phi) is 2.05. The topological polar surface area (TPSA) is 48.1 Å². The van der Waals surface area contributed by atoms with Crippen LogP contribution in [0.25, 0.3) is 0 Å². The summed E-state index contributed by atoms with van der Waals surface area (Å²) in [5.74, 6) is 0.756. The average molecular weight is 223 g/mol. The number of likely N-dealkylation sites (N-methyl/N-ethyl adjacent to an activating group) is 2. The third kappa shape index (κ3) is 1.01. The van der Waals surface area contributed by atoms with Crippen molar-refractivity contribution in [2.75, 3.05) is 21.1 Å². The summed E-state index contributed by atoms with van der Waals surface area (Å²) in [6.07, 6.45) is 1.84. The maximum atomic E-state index is 6.19. The smallest absolute Gasteiger partial charge is 0.140 e. The first-order valence-electron chi connectivity index (χ1n) is 5.49. The summed E-state index contributed by atoms with van der Waals surface area (Å²) < 4.78 is 0. The van der Waals surface area contributed by atoms with Gasteiger partial charge in [0.15, 0.2) is 0 Å². The Hall–Kier alpha value is -1.23. The van der Waals surface area contributed by atoms with Crippen LogP contribution in [0.4, 0.5) is 0 Å². The highest BCUT2D eigenvalue weighted by molar-refractivity contribution is 5.64. The second-order valence-corrected chi connectivity index (χ2v) is 5.22. The lowest BCUT2D eigenvalue weighted by Gasteiger charge is -2.57. The lowest BCUT2D eigenvalue weighted by Crippen LogP contribution is -2.69. The molecule has 16 heavy (non-hydrogen) atoms. The highest BCUT2D eigenvalue weighted by Crippen LogP contribution is 2.42. The van der Waals surface area contributed by atoms with Crippen LogP contribution in [0.3, 0.4) is 0 Å². The fraction of sp³-hybridized carbons (Fsp3) is 0.727.